The van der Waals surface area contributed by atoms with Crippen molar-refractivity contribution in [3.8, 4) is 0 Å². The van der Waals surface area contributed by atoms with Gasteiger partial charge in [0.2, 0.25) is 0 Å². The fourth-order valence-corrected chi connectivity index (χ4v) is 6.85. The van der Waals surface area contributed by atoms with Crippen LogP contribution in [0, 0.1) is 0 Å². The molecule has 0 saturated heterocycles. The second kappa shape index (κ2) is 45.4. The number of carbonyl (C=O) groups is 1. The van der Waals surface area contributed by atoms with Gasteiger partial charge in [-0.25, -0.2) is 0 Å². The number of aliphatic carboxylic acids is 1. The molecule has 0 heterocycles. The Balaban J connectivity index is 0. The largest absolute Gasteiger partial charge is 0.550 e. The quantitative estimate of drug-likeness (QED) is 0.0664. The lowest BCUT2D eigenvalue weighted by Gasteiger charge is -2.19. The standard InChI is InChI=1S/C40H83N.C4H8O2/c1-4-7-10-12-14-16-18-20-22-24-26-28-30-32-34-36-39-41(38-9-6-3)40-37-35-33-31-29-27-25-23-21-19-17-15-13-11-8-5-2;1-2-3-4(5)6/h4-40H2,1-3H3;2-3H2,1H3,(H,5,6). The van der Waals surface area contributed by atoms with Crippen molar-refractivity contribution in [3.05, 3.63) is 0 Å². The van der Waals surface area contributed by atoms with Crippen molar-refractivity contribution in [1.82, 2.24) is 0 Å². The van der Waals surface area contributed by atoms with E-state index in [1.54, 1.807) is 6.92 Å². The Morgan fingerprint density at radius 1 is 0.319 bits per heavy atom. The molecule has 0 spiro atoms. The van der Waals surface area contributed by atoms with E-state index in [9.17, 15) is 9.90 Å². The predicted octanol–water partition coefficient (Wildman–Crippen LogP) is 12.7. The number of carboxylic acid groups (broad SMARTS) is 1. The maximum atomic E-state index is 9.49. The monoisotopic (exact) mass is 666 g/mol. The van der Waals surface area contributed by atoms with E-state index < -0.39 is 5.97 Å². The average molecular weight is 666 g/mol. The highest BCUT2D eigenvalue weighted by molar-refractivity contribution is 5.63. The van der Waals surface area contributed by atoms with Crippen molar-refractivity contribution in [1.29, 1.82) is 0 Å². The molecule has 0 saturated carbocycles. The third kappa shape index (κ3) is 47.6. The molecular formula is C44H91NO2. The predicted molar refractivity (Wildman–Crippen MR) is 209 cm³/mol. The molecular weight excluding hydrogens is 574 g/mol. The van der Waals surface area contributed by atoms with Crippen molar-refractivity contribution < 1.29 is 14.8 Å². The highest BCUT2D eigenvalue weighted by atomic mass is 16.4. The van der Waals surface area contributed by atoms with Crippen LogP contribution in [0.25, 0.3) is 0 Å². The number of quaternary nitrogens is 1. The number of rotatable bonds is 39. The molecule has 47 heavy (non-hydrogen) atoms. The molecule has 0 bridgehead atoms. The molecule has 3 nitrogen and oxygen atoms in total. The molecule has 0 radical (unpaired) electrons. The van der Waals surface area contributed by atoms with Crippen LogP contribution >= 0.6 is 0 Å². The Kier molecular flexibility index (Phi) is 46.9. The SMILES string of the molecule is CCCC(=O)[O-].CCCCCCCCCCCCCCCCCC[NH+](CCCC)CCCCCCCCCCCCCCCCCC. The Hall–Kier alpha value is -0.570. The lowest BCUT2D eigenvalue weighted by Crippen LogP contribution is -3.12. The van der Waals surface area contributed by atoms with Crippen LogP contribution in [-0.2, 0) is 4.79 Å². The van der Waals surface area contributed by atoms with E-state index in [1.165, 1.54) is 238 Å². The van der Waals surface area contributed by atoms with Crippen LogP contribution in [0.4, 0.5) is 0 Å². The highest BCUT2D eigenvalue weighted by Gasteiger charge is 2.07. The summed E-state index contributed by atoms with van der Waals surface area (Å²) in [6, 6.07) is 0. The van der Waals surface area contributed by atoms with Crippen LogP contribution in [0.1, 0.15) is 259 Å². The summed E-state index contributed by atoms with van der Waals surface area (Å²) in [6.45, 7) is 13.1. The molecule has 0 amide bonds. The summed E-state index contributed by atoms with van der Waals surface area (Å²) >= 11 is 0. The summed E-state index contributed by atoms with van der Waals surface area (Å²) in [5.41, 5.74) is 0. The minimum Gasteiger partial charge on any atom is -0.550 e. The maximum absolute atomic E-state index is 9.49. The summed E-state index contributed by atoms with van der Waals surface area (Å²) in [4.78, 5) is 11.4. The molecule has 0 aliphatic heterocycles. The van der Waals surface area contributed by atoms with Crippen LogP contribution in [-0.4, -0.2) is 25.6 Å². The Morgan fingerprint density at radius 2 is 0.532 bits per heavy atom. The Bertz CT molecular complexity index is 515. The first-order valence-corrected chi connectivity index (χ1v) is 22.2. The zero-order valence-corrected chi connectivity index (χ0v) is 33.4. The number of nitrogens with one attached hydrogen (secondary N) is 1. The molecule has 0 aliphatic carbocycles. The molecule has 0 aromatic rings. The van der Waals surface area contributed by atoms with Gasteiger partial charge in [-0.2, -0.15) is 0 Å². The van der Waals surface area contributed by atoms with Gasteiger partial charge in [0.25, 0.3) is 0 Å². The molecule has 0 aromatic heterocycles. The van der Waals surface area contributed by atoms with Crippen molar-refractivity contribution in [3.63, 3.8) is 0 Å². The number of carbonyl (C=O) groups excluding carboxylic acids is 1. The first-order valence-electron chi connectivity index (χ1n) is 22.2. The smallest absolute Gasteiger partial charge is 0.0770 e. The van der Waals surface area contributed by atoms with E-state index in [0.717, 1.165) is 0 Å². The molecule has 0 atom stereocenters. The molecule has 1 N–H and O–H groups in total. The minimum absolute atomic E-state index is 0.181. The molecule has 0 aromatic carbocycles. The fraction of sp³-hybridized carbons (Fsp3) is 0.977. The van der Waals surface area contributed by atoms with Crippen molar-refractivity contribution in [2.24, 2.45) is 0 Å². The van der Waals surface area contributed by atoms with E-state index in [4.69, 9.17) is 0 Å². The highest BCUT2D eigenvalue weighted by Crippen LogP contribution is 2.15. The van der Waals surface area contributed by atoms with Gasteiger partial charge in [0.1, 0.15) is 0 Å². The fourth-order valence-electron chi connectivity index (χ4n) is 6.85. The van der Waals surface area contributed by atoms with Gasteiger partial charge in [0.05, 0.1) is 19.6 Å². The van der Waals surface area contributed by atoms with Gasteiger partial charge >= 0.3 is 0 Å². The third-order valence-corrected chi connectivity index (χ3v) is 10.1. The normalized spacial score (nSPS) is 11.3. The summed E-state index contributed by atoms with van der Waals surface area (Å²) in [6.07, 6.45) is 50.8. The minimum atomic E-state index is -0.961. The van der Waals surface area contributed by atoms with Crippen LogP contribution in [0.15, 0.2) is 0 Å². The van der Waals surface area contributed by atoms with Gasteiger partial charge in [-0.1, -0.05) is 220 Å². The number of hydrogen-bond acceptors (Lipinski definition) is 2. The maximum Gasteiger partial charge on any atom is 0.0770 e. The first-order chi connectivity index (χ1) is 23.1. The molecule has 0 fully saturated rings. The van der Waals surface area contributed by atoms with Gasteiger partial charge in [-0.15, -0.1) is 0 Å². The zero-order valence-electron chi connectivity index (χ0n) is 33.4. The lowest BCUT2D eigenvalue weighted by atomic mass is 10.0. The summed E-state index contributed by atoms with van der Waals surface area (Å²) in [5.74, 6) is -0.961. The Labute approximate surface area is 298 Å². The molecule has 0 unspecified atom stereocenters. The van der Waals surface area contributed by atoms with Gasteiger partial charge in [-0.05, 0) is 38.5 Å². The van der Waals surface area contributed by atoms with Gasteiger partial charge in [0.15, 0.2) is 0 Å². The Morgan fingerprint density at radius 3 is 0.723 bits per heavy atom. The van der Waals surface area contributed by atoms with Crippen LogP contribution in [0.5, 0.6) is 0 Å². The third-order valence-electron chi connectivity index (χ3n) is 10.1. The van der Waals surface area contributed by atoms with Gasteiger partial charge in [-0.3, -0.25) is 0 Å². The first kappa shape index (κ1) is 48.5. The number of unbranched alkanes of at least 4 members (excludes halogenated alkanes) is 31. The van der Waals surface area contributed by atoms with Gasteiger partial charge in [0, 0.05) is 5.97 Å². The van der Waals surface area contributed by atoms with Crippen LogP contribution in [0.2, 0.25) is 0 Å². The molecule has 0 rings (SSSR count). The zero-order chi connectivity index (χ0) is 34.7. The van der Waals surface area contributed by atoms with Crippen molar-refractivity contribution in [2.75, 3.05) is 19.6 Å². The summed E-state index contributed by atoms with van der Waals surface area (Å²) in [7, 11) is 0. The van der Waals surface area contributed by atoms with E-state index in [2.05, 4.69) is 20.8 Å². The van der Waals surface area contributed by atoms with Crippen molar-refractivity contribution in [2.45, 2.75) is 259 Å². The average Bonchev–Trinajstić information content (AvgIpc) is 3.06. The molecule has 284 valence electrons. The van der Waals surface area contributed by atoms with Crippen LogP contribution in [0.3, 0.4) is 0 Å². The van der Waals surface area contributed by atoms with Crippen LogP contribution < -0.4 is 10.0 Å². The lowest BCUT2D eigenvalue weighted by molar-refractivity contribution is -0.900. The van der Waals surface area contributed by atoms with E-state index >= 15 is 0 Å². The van der Waals surface area contributed by atoms with E-state index in [-0.39, 0.29) is 6.42 Å². The van der Waals surface area contributed by atoms with Gasteiger partial charge < -0.3 is 14.8 Å². The topological polar surface area (TPSA) is 44.6 Å². The number of hydrogen-bond donors (Lipinski definition) is 1. The number of carboxylic acids is 1. The molecule has 3 heteroatoms. The summed E-state index contributed by atoms with van der Waals surface area (Å²) < 4.78 is 0. The summed E-state index contributed by atoms with van der Waals surface area (Å²) in [5, 5.41) is 9.49. The second-order valence-electron chi connectivity index (χ2n) is 15.1. The second-order valence-corrected chi connectivity index (χ2v) is 15.1. The van der Waals surface area contributed by atoms with E-state index in [0.29, 0.717) is 6.42 Å². The van der Waals surface area contributed by atoms with E-state index in [1.807, 2.05) is 4.90 Å². The van der Waals surface area contributed by atoms with Crippen molar-refractivity contribution >= 4 is 5.97 Å². The molecule has 0 aliphatic rings.